The van der Waals surface area contributed by atoms with Gasteiger partial charge in [-0.3, -0.25) is 4.68 Å². The number of rotatable bonds is 5. The fraction of sp³-hybridized carbons (Fsp3) is 0.357. The molecule has 0 N–H and O–H groups in total. The molecule has 10 heteroatoms. The number of fused-ring (bicyclic) bond motifs is 1. The summed E-state index contributed by atoms with van der Waals surface area (Å²) in [4.78, 5) is 14.2. The number of benzene rings is 2. The molecule has 3 heterocycles. The minimum absolute atomic E-state index is 0.126. The molecule has 0 saturated carbocycles. The molecule has 200 valence electrons. The zero-order valence-electron chi connectivity index (χ0n) is 21.7. The second-order valence-corrected chi connectivity index (χ2v) is 12.5. The van der Waals surface area contributed by atoms with Gasteiger partial charge in [-0.1, -0.05) is 18.2 Å². The molecule has 4 aromatic rings. The smallest absolute Gasteiger partial charge is 0.410 e. The van der Waals surface area contributed by atoms with Crippen molar-refractivity contribution in [2.75, 3.05) is 13.1 Å². The van der Waals surface area contributed by atoms with E-state index in [2.05, 4.69) is 5.10 Å². The second kappa shape index (κ2) is 9.90. The van der Waals surface area contributed by atoms with Gasteiger partial charge >= 0.3 is 6.09 Å². The third-order valence-electron chi connectivity index (χ3n) is 6.69. The summed E-state index contributed by atoms with van der Waals surface area (Å²) in [5.74, 6) is -0.171. The Morgan fingerprint density at radius 2 is 1.79 bits per heavy atom. The number of carbonyl (C=O) groups excluding carboxylic acids is 1. The van der Waals surface area contributed by atoms with Crippen LogP contribution >= 0.6 is 0 Å². The van der Waals surface area contributed by atoms with E-state index < -0.39 is 21.4 Å². The minimum Gasteiger partial charge on any atom is -0.444 e. The lowest BCUT2D eigenvalue weighted by molar-refractivity contribution is 0.0177. The predicted molar refractivity (Wildman–Crippen MR) is 143 cm³/mol. The Balaban J connectivity index is 1.36. The quantitative estimate of drug-likeness (QED) is 0.334. The average Bonchev–Trinajstić information content (AvgIpc) is 3.48. The van der Waals surface area contributed by atoms with Gasteiger partial charge in [-0.2, -0.15) is 5.10 Å². The van der Waals surface area contributed by atoms with E-state index in [0.29, 0.717) is 36.5 Å². The fourth-order valence-corrected chi connectivity index (χ4v) is 6.18. The SMILES string of the molecule is CC(C)(C)OC(=O)N1CCC(Cn2cc(-c3cn(S(=O)(=O)c4ccccc4)c4cc(F)ccc34)cn2)CC1. The van der Waals surface area contributed by atoms with Crippen molar-refractivity contribution >= 4 is 27.0 Å². The van der Waals surface area contributed by atoms with Gasteiger partial charge in [0.15, 0.2) is 0 Å². The molecule has 0 spiro atoms. The summed E-state index contributed by atoms with van der Waals surface area (Å²) in [6.45, 7) is 7.51. The highest BCUT2D eigenvalue weighted by atomic mass is 32.2. The molecule has 1 saturated heterocycles. The summed E-state index contributed by atoms with van der Waals surface area (Å²) in [6.07, 6.45) is 6.51. The summed E-state index contributed by atoms with van der Waals surface area (Å²) in [6, 6.07) is 12.3. The summed E-state index contributed by atoms with van der Waals surface area (Å²) < 4.78 is 49.5. The van der Waals surface area contributed by atoms with Crippen LogP contribution in [0.15, 0.2) is 72.0 Å². The van der Waals surface area contributed by atoms with E-state index >= 15 is 0 Å². The number of halogens is 1. The van der Waals surface area contributed by atoms with Crippen LogP contribution in [0.1, 0.15) is 33.6 Å². The van der Waals surface area contributed by atoms with Gasteiger partial charge in [0.2, 0.25) is 0 Å². The van der Waals surface area contributed by atoms with Crippen LogP contribution in [0, 0.1) is 11.7 Å². The molecule has 5 rings (SSSR count). The molecule has 0 atom stereocenters. The van der Waals surface area contributed by atoms with Crippen LogP contribution in [-0.2, 0) is 21.3 Å². The first-order valence-corrected chi connectivity index (χ1v) is 14.1. The number of nitrogens with zero attached hydrogens (tertiary/aromatic N) is 4. The lowest BCUT2D eigenvalue weighted by Gasteiger charge is -2.33. The summed E-state index contributed by atoms with van der Waals surface area (Å²) in [7, 11) is -3.93. The number of ether oxygens (including phenoxy) is 1. The molecule has 1 aliphatic heterocycles. The second-order valence-electron chi connectivity index (χ2n) is 10.7. The molecule has 0 unspecified atom stereocenters. The molecule has 1 fully saturated rings. The van der Waals surface area contributed by atoms with E-state index in [0.717, 1.165) is 22.4 Å². The Morgan fingerprint density at radius 1 is 1.08 bits per heavy atom. The first-order chi connectivity index (χ1) is 18.0. The van der Waals surface area contributed by atoms with Crippen LogP contribution in [0.3, 0.4) is 0 Å². The number of hydrogen-bond acceptors (Lipinski definition) is 5. The van der Waals surface area contributed by atoms with E-state index in [-0.39, 0.29) is 16.5 Å². The molecule has 2 aromatic heterocycles. The average molecular weight is 539 g/mol. The molecule has 8 nitrogen and oxygen atoms in total. The molecule has 1 amide bonds. The molecule has 38 heavy (non-hydrogen) atoms. The Kier molecular flexibility index (Phi) is 6.77. The van der Waals surface area contributed by atoms with Gasteiger partial charge in [0.05, 0.1) is 16.6 Å². The molecule has 0 bridgehead atoms. The van der Waals surface area contributed by atoms with Crippen molar-refractivity contribution in [1.82, 2.24) is 18.7 Å². The largest absolute Gasteiger partial charge is 0.444 e. The van der Waals surface area contributed by atoms with Gasteiger partial charge in [-0.05, 0) is 69.9 Å². The van der Waals surface area contributed by atoms with Gasteiger partial charge in [0.25, 0.3) is 10.0 Å². The maximum absolute atomic E-state index is 14.2. The fourth-order valence-electron chi connectivity index (χ4n) is 4.80. The lowest BCUT2D eigenvalue weighted by atomic mass is 9.97. The highest BCUT2D eigenvalue weighted by molar-refractivity contribution is 7.90. The zero-order chi connectivity index (χ0) is 27.1. The van der Waals surface area contributed by atoms with Crippen molar-refractivity contribution in [3.05, 3.63) is 72.9 Å². The highest BCUT2D eigenvalue weighted by Crippen LogP contribution is 2.34. The standard InChI is InChI=1S/C28H31FN4O4S/c1-28(2,3)37-27(34)31-13-11-20(12-14-31)17-32-18-21(16-30-32)25-19-33(26-15-22(29)9-10-24(25)26)38(35,36)23-7-5-4-6-8-23/h4-10,15-16,18-20H,11-14,17H2,1-3H3. The van der Waals surface area contributed by atoms with Crippen molar-refractivity contribution in [1.29, 1.82) is 0 Å². The maximum Gasteiger partial charge on any atom is 0.410 e. The summed E-state index contributed by atoms with van der Waals surface area (Å²) in [5.41, 5.74) is 1.15. The van der Waals surface area contributed by atoms with Crippen molar-refractivity contribution in [2.24, 2.45) is 5.92 Å². The first-order valence-electron chi connectivity index (χ1n) is 12.6. The van der Waals surface area contributed by atoms with Crippen LogP contribution in [0.25, 0.3) is 22.0 Å². The van der Waals surface area contributed by atoms with Crippen molar-refractivity contribution < 1.29 is 22.3 Å². The topological polar surface area (TPSA) is 86.4 Å². The number of piperidine rings is 1. The number of likely N-dealkylation sites (tertiary alicyclic amines) is 1. The predicted octanol–water partition coefficient (Wildman–Crippen LogP) is 5.53. The monoisotopic (exact) mass is 538 g/mol. The number of carbonyl (C=O) groups is 1. The zero-order valence-corrected chi connectivity index (χ0v) is 22.5. The van der Waals surface area contributed by atoms with Crippen molar-refractivity contribution in [3.63, 3.8) is 0 Å². The van der Waals surface area contributed by atoms with Crippen LogP contribution < -0.4 is 0 Å². The highest BCUT2D eigenvalue weighted by Gasteiger charge is 2.27. The number of hydrogen-bond donors (Lipinski definition) is 0. The third-order valence-corrected chi connectivity index (χ3v) is 8.38. The molecule has 1 aliphatic rings. The van der Waals surface area contributed by atoms with Crippen molar-refractivity contribution in [3.8, 4) is 11.1 Å². The molecule has 0 radical (unpaired) electrons. The maximum atomic E-state index is 14.2. The van der Waals surface area contributed by atoms with Crippen LogP contribution in [0.5, 0.6) is 0 Å². The third kappa shape index (κ3) is 5.31. The van der Waals surface area contributed by atoms with Gasteiger partial charge in [0, 0.05) is 48.5 Å². The summed E-state index contributed by atoms with van der Waals surface area (Å²) >= 11 is 0. The number of aromatic nitrogens is 3. The Labute approximate surface area is 221 Å². The van der Waals surface area contributed by atoms with E-state index in [1.54, 1.807) is 35.4 Å². The van der Waals surface area contributed by atoms with E-state index in [9.17, 15) is 17.6 Å². The van der Waals surface area contributed by atoms with Crippen LogP contribution in [0.4, 0.5) is 9.18 Å². The minimum atomic E-state index is -3.93. The van der Waals surface area contributed by atoms with Crippen LogP contribution in [-0.4, -0.2) is 51.9 Å². The Morgan fingerprint density at radius 3 is 2.47 bits per heavy atom. The van der Waals surface area contributed by atoms with Gasteiger partial charge in [0.1, 0.15) is 11.4 Å². The van der Waals surface area contributed by atoms with E-state index in [4.69, 9.17) is 4.74 Å². The van der Waals surface area contributed by atoms with Gasteiger partial charge < -0.3 is 9.64 Å². The van der Waals surface area contributed by atoms with E-state index in [1.165, 1.54) is 30.5 Å². The normalized spacial score (nSPS) is 15.2. The van der Waals surface area contributed by atoms with Crippen LogP contribution in [0.2, 0.25) is 0 Å². The van der Waals surface area contributed by atoms with Gasteiger partial charge in [-0.15, -0.1) is 0 Å². The van der Waals surface area contributed by atoms with Crippen molar-refractivity contribution in [2.45, 2.75) is 50.7 Å². The molecular formula is C28H31FN4O4S. The molecule has 2 aromatic carbocycles. The Bertz CT molecular complexity index is 1560. The summed E-state index contributed by atoms with van der Waals surface area (Å²) in [5, 5.41) is 5.14. The number of amides is 1. The van der Waals surface area contributed by atoms with Gasteiger partial charge in [-0.25, -0.2) is 21.6 Å². The Hall–Kier alpha value is -3.66. The lowest BCUT2D eigenvalue weighted by Crippen LogP contribution is -2.42. The first kappa shape index (κ1) is 26.0. The van der Waals surface area contributed by atoms with E-state index in [1.807, 2.05) is 31.6 Å². The molecule has 0 aliphatic carbocycles. The molecular weight excluding hydrogens is 507 g/mol.